The third kappa shape index (κ3) is 8.38. The Morgan fingerprint density at radius 2 is 1.97 bits per heavy atom. The number of guanidine groups is 1. The summed E-state index contributed by atoms with van der Waals surface area (Å²) in [5, 5.41) is 10.4. The number of nitrogens with one attached hydrogen (secondary N) is 2. The van der Waals surface area contributed by atoms with Crippen LogP contribution in [0.5, 0.6) is 0 Å². The molecule has 0 atom stereocenters. The molecule has 2 saturated heterocycles. The third-order valence-corrected chi connectivity index (χ3v) is 6.73. The zero-order valence-corrected chi connectivity index (χ0v) is 22.1. The highest BCUT2D eigenvalue weighted by molar-refractivity contribution is 14.0. The maximum absolute atomic E-state index is 11.8. The van der Waals surface area contributed by atoms with Gasteiger partial charge in [0.25, 0.3) is 0 Å². The van der Waals surface area contributed by atoms with Gasteiger partial charge in [0.2, 0.25) is 0 Å². The molecule has 2 aliphatic heterocycles. The summed E-state index contributed by atoms with van der Waals surface area (Å²) in [6.07, 6.45) is 4.02. The molecule has 0 radical (unpaired) electrons. The first-order valence-electron chi connectivity index (χ1n) is 11.1. The average molecular weight is 565 g/mol. The topological polar surface area (TPSA) is 82.1 Å². The monoisotopic (exact) mass is 564 g/mol. The lowest BCUT2D eigenvalue weighted by molar-refractivity contribution is 0.0963. The number of rotatable bonds is 6. The van der Waals surface area contributed by atoms with Crippen LogP contribution < -0.4 is 10.6 Å². The fraction of sp³-hybridized carbons (Fsp3) is 0.762. The number of carbonyl (C=O) groups excluding carboxylic acids is 1. The van der Waals surface area contributed by atoms with E-state index < -0.39 is 0 Å². The van der Waals surface area contributed by atoms with Crippen molar-refractivity contribution in [1.82, 2.24) is 25.4 Å². The summed E-state index contributed by atoms with van der Waals surface area (Å²) in [6, 6.07) is 0.338. The van der Waals surface area contributed by atoms with E-state index >= 15 is 0 Å². The number of halogens is 1. The molecule has 0 unspecified atom stereocenters. The van der Waals surface area contributed by atoms with Gasteiger partial charge >= 0.3 is 6.09 Å². The van der Waals surface area contributed by atoms with Crippen LogP contribution in [0.15, 0.2) is 10.4 Å². The first-order valence-corrected chi connectivity index (χ1v) is 12.0. The van der Waals surface area contributed by atoms with Crippen LogP contribution in [-0.4, -0.2) is 79.3 Å². The van der Waals surface area contributed by atoms with Gasteiger partial charge in [-0.05, 0) is 58.5 Å². The van der Waals surface area contributed by atoms with Crippen molar-refractivity contribution in [2.45, 2.75) is 52.1 Å². The minimum atomic E-state index is -0.199. The summed E-state index contributed by atoms with van der Waals surface area (Å²) >= 11 is 1.73. The second-order valence-corrected chi connectivity index (χ2v) is 9.20. The minimum Gasteiger partial charge on any atom is -0.450 e. The second-order valence-electron chi connectivity index (χ2n) is 8.14. The van der Waals surface area contributed by atoms with Crippen LogP contribution in [-0.2, 0) is 11.3 Å². The molecular weight excluding hydrogens is 527 g/mol. The minimum absolute atomic E-state index is 0. The number of aromatic nitrogens is 1. The Hall–Kier alpha value is -1.14. The van der Waals surface area contributed by atoms with Gasteiger partial charge in [-0.2, -0.15) is 0 Å². The summed E-state index contributed by atoms with van der Waals surface area (Å²) in [7, 11) is 1.82. The fourth-order valence-corrected chi connectivity index (χ4v) is 4.71. The lowest BCUT2D eigenvalue weighted by Gasteiger charge is -2.33. The predicted octanol–water partition coefficient (Wildman–Crippen LogP) is 3.07. The van der Waals surface area contributed by atoms with Crippen molar-refractivity contribution in [1.29, 1.82) is 0 Å². The number of likely N-dealkylation sites (tertiary alicyclic amines) is 2. The Balaban J connectivity index is 0.00000341. The number of amides is 1. The molecule has 0 bridgehead atoms. The molecule has 0 aliphatic carbocycles. The third-order valence-electron chi connectivity index (χ3n) is 5.90. The molecule has 1 aromatic rings. The second kappa shape index (κ2) is 13.4. The molecule has 2 fully saturated rings. The van der Waals surface area contributed by atoms with E-state index in [4.69, 9.17) is 4.74 Å². The van der Waals surface area contributed by atoms with Crippen LogP contribution >= 0.6 is 35.3 Å². The summed E-state index contributed by atoms with van der Waals surface area (Å²) in [6.45, 7) is 9.96. The van der Waals surface area contributed by atoms with Crippen LogP contribution in [0, 0.1) is 12.8 Å². The number of aryl methyl sites for hydroxylation is 1. The Morgan fingerprint density at radius 1 is 1.26 bits per heavy atom. The quantitative estimate of drug-likeness (QED) is 0.314. The highest BCUT2D eigenvalue weighted by Gasteiger charge is 2.25. The average Bonchev–Trinajstić information content (AvgIpc) is 3.17. The Kier molecular flexibility index (Phi) is 11.3. The van der Waals surface area contributed by atoms with Gasteiger partial charge in [0.15, 0.2) is 5.96 Å². The lowest BCUT2D eigenvalue weighted by atomic mass is 9.97. The molecule has 10 heteroatoms. The highest BCUT2D eigenvalue weighted by Crippen LogP contribution is 2.19. The maximum Gasteiger partial charge on any atom is 0.409 e. The van der Waals surface area contributed by atoms with E-state index in [2.05, 4.69) is 37.8 Å². The molecule has 2 N–H and O–H groups in total. The number of thiazole rings is 1. The van der Waals surface area contributed by atoms with Crippen LogP contribution in [0.25, 0.3) is 0 Å². The maximum atomic E-state index is 11.8. The standard InChI is InChI=1S/C21H36N6O2S.HI/c1-4-29-21(28)27-11-7-18(8-12-27)25-20(22-3)23-13-17-5-9-26(10-6-17)14-19-15-30-16(2)24-19;/h15,17-18H,4-14H2,1-3H3,(H2,22,23,25);1H. The van der Waals surface area contributed by atoms with E-state index in [0.717, 1.165) is 63.1 Å². The van der Waals surface area contributed by atoms with Gasteiger partial charge in [0, 0.05) is 44.6 Å². The molecule has 3 rings (SSSR count). The van der Waals surface area contributed by atoms with E-state index in [1.165, 1.54) is 18.5 Å². The number of hydrogen-bond donors (Lipinski definition) is 2. The van der Waals surface area contributed by atoms with Gasteiger partial charge in [-0.1, -0.05) is 0 Å². The van der Waals surface area contributed by atoms with Crippen LogP contribution in [0.1, 0.15) is 43.3 Å². The van der Waals surface area contributed by atoms with Gasteiger partial charge < -0.3 is 20.3 Å². The SMILES string of the molecule is CCOC(=O)N1CCC(NC(=NC)NCC2CCN(Cc3csc(C)n3)CC2)CC1.I. The van der Waals surface area contributed by atoms with E-state index in [1.807, 2.05) is 14.0 Å². The van der Waals surface area contributed by atoms with Crippen LogP contribution in [0.2, 0.25) is 0 Å². The summed E-state index contributed by atoms with van der Waals surface area (Å²) < 4.78 is 5.09. The fourth-order valence-electron chi connectivity index (χ4n) is 4.11. The van der Waals surface area contributed by atoms with Crippen LogP contribution in [0.4, 0.5) is 4.79 Å². The molecule has 1 aromatic heterocycles. The number of aliphatic imine (C=N–C) groups is 1. The van der Waals surface area contributed by atoms with E-state index in [1.54, 1.807) is 16.2 Å². The molecular formula is C21H37IN6O2S. The lowest BCUT2D eigenvalue weighted by Crippen LogP contribution is -2.50. The predicted molar refractivity (Wildman–Crippen MR) is 136 cm³/mol. The molecule has 31 heavy (non-hydrogen) atoms. The van der Waals surface area contributed by atoms with Crippen molar-refractivity contribution in [2.24, 2.45) is 10.9 Å². The van der Waals surface area contributed by atoms with Crippen molar-refractivity contribution in [3.05, 3.63) is 16.1 Å². The molecule has 0 aromatic carbocycles. The van der Waals surface area contributed by atoms with Crippen molar-refractivity contribution < 1.29 is 9.53 Å². The number of piperidine rings is 2. The number of ether oxygens (including phenoxy) is 1. The van der Waals surface area contributed by atoms with Gasteiger partial charge in [0.1, 0.15) is 0 Å². The Bertz CT molecular complexity index is 700. The highest BCUT2D eigenvalue weighted by atomic mass is 127. The molecule has 8 nitrogen and oxygen atoms in total. The summed E-state index contributed by atoms with van der Waals surface area (Å²) in [5.41, 5.74) is 1.20. The zero-order chi connectivity index (χ0) is 21.3. The molecule has 1 amide bonds. The van der Waals surface area contributed by atoms with Crippen molar-refractivity contribution in [2.75, 3.05) is 46.4 Å². The Labute approximate surface area is 207 Å². The summed E-state index contributed by atoms with van der Waals surface area (Å²) in [5.74, 6) is 1.53. The van der Waals surface area contributed by atoms with Gasteiger partial charge in [-0.25, -0.2) is 9.78 Å². The van der Waals surface area contributed by atoms with Crippen molar-refractivity contribution in [3.8, 4) is 0 Å². The molecule has 2 aliphatic rings. The van der Waals surface area contributed by atoms with Gasteiger partial charge in [0.05, 0.1) is 17.3 Å². The van der Waals surface area contributed by atoms with Crippen molar-refractivity contribution in [3.63, 3.8) is 0 Å². The molecule has 176 valence electrons. The number of hydrogen-bond acceptors (Lipinski definition) is 6. The summed E-state index contributed by atoms with van der Waals surface area (Å²) in [4.78, 5) is 25.1. The number of carbonyl (C=O) groups is 1. The number of nitrogens with zero attached hydrogens (tertiary/aromatic N) is 4. The smallest absolute Gasteiger partial charge is 0.409 e. The Morgan fingerprint density at radius 3 is 2.55 bits per heavy atom. The molecule has 0 saturated carbocycles. The first kappa shape index (κ1) is 26.1. The van der Waals surface area contributed by atoms with E-state index in [-0.39, 0.29) is 30.1 Å². The van der Waals surface area contributed by atoms with Gasteiger partial charge in [-0.3, -0.25) is 9.89 Å². The van der Waals surface area contributed by atoms with E-state index in [9.17, 15) is 4.79 Å². The zero-order valence-electron chi connectivity index (χ0n) is 18.9. The normalized spacial score (nSPS) is 19.1. The first-order chi connectivity index (χ1) is 14.6. The van der Waals surface area contributed by atoms with E-state index in [0.29, 0.717) is 18.6 Å². The molecule has 3 heterocycles. The van der Waals surface area contributed by atoms with Crippen LogP contribution in [0.3, 0.4) is 0 Å². The molecule has 0 spiro atoms. The van der Waals surface area contributed by atoms with Crippen molar-refractivity contribution >= 4 is 47.4 Å². The van der Waals surface area contributed by atoms with Gasteiger partial charge in [-0.15, -0.1) is 35.3 Å². The largest absolute Gasteiger partial charge is 0.450 e.